The smallest absolute Gasteiger partial charge is 0.303 e. The van der Waals surface area contributed by atoms with E-state index in [0.717, 1.165) is 9.87 Å². The third-order valence-electron chi connectivity index (χ3n) is 3.52. The first kappa shape index (κ1) is 17.2. The van der Waals surface area contributed by atoms with Crippen LogP contribution in [0, 0.1) is 0 Å². The molecular weight excluding hydrogens is 314 g/mol. The van der Waals surface area contributed by atoms with E-state index in [4.69, 9.17) is 0 Å². The topological polar surface area (TPSA) is 71.4 Å². The molecule has 0 unspecified atom stereocenters. The largest absolute Gasteiger partial charge is 0.351 e. The second kappa shape index (κ2) is 7.43. The molecule has 6 nitrogen and oxygen atoms in total. The number of benzene rings is 1. The summed E-state index contributed by atoms with van der Waals surface area (Å²) < 4.78 is 29.5. The lowest BCUT2D eigenvalue weighted by atomic mass is 10.2. The molecule has 0 aliphatic heterocycles. The molecule has 0 aliphatic rings. The first-order chi connectivity index (χ1) is 10.9. The Kier molecular flexibility index (Phi) is 5.57. The lowest BCUT2D eigenvalue weighted by molar-refractivity contribution is -0.120. The zero-order valence-corrected chi connectivity index (χ0v) is 14.0. The fourth-order valence-corrected chi connectivity index (χ4v) is 3.05. The highest BCUT2D eigenvalue weighted by Gasteiger charge is 2.22. The number of nitrogens with one attached hydrogen (secondary N) is 1. The van der Waals surface area contributed by atoms with Gasteiger partial charge in [0.25, 0.3) is 0 Å². The monoisotopic (exact) mass is 335 g/mol. The van der Waals surface area contributed by atoms with E-state index < -0.39 is 16.1 Å². The fraction of sp³-hybridized carbons (Fsp3) is 0.312. The minimum atomic E-state index is -3.85. The molecule has 23 heavy (non-hydrogen) atoms. The van der Waals surface area contributed by atoms with E-state index in [1.54, 1.807) is 0 Å². The molecule has 0 saturated heterocycles. The van der Waals surface area contributed by atoms with Crippen molar-refractivity contribution >= 4 is 16.1 Å². The molecule has 1 atom stereocenters. The van der Waals surface area contributed by atoms with Crippen LogP contribution in [0.15, 0.2) is 54.9 Å². The number of hydrogen-bond donors (Lipinski definition) is 1. The van der Waals surface area contributed by atoms with Crippen molar-refractivity contribution < 1.29 is 13.2 Å². The Morgan fingerprint density at radius 1 is 1.17 bits per heavy atom. The zero-order valence-electron chi connectivity index (χ0n) is 13.2. The molecule has 1 aromatic carbocycles. The van der Waals surface area contributed by atoms with Gasteiger partial charge in [0, 0.05) is 38.4 Å². The first-order valence-electron chi connectivity index (χ1n) is 7.32. The quantitative estimate of drug-likeness (QED) is 0.840. The Balaban J connectivity index is 1.93. The molecule has 0 radical (unpaired) electrons. The number of aromatic nitrogens is 1. The maximum atomic E-state index is 12.2. The molecule has 1 N–H and O–H groups in total. The average Bonchev–Trinajstić information content (AvgIpc) is 3.01. The predicted molar refractivity (Wildman–Crippen MR) is 88.7 cm³/mol. The zero-order chi connectivity index (χ0) is 16.9. The summed E-state index contributed by atoms with van der Waals surface area (Å²) in [5.74, 6) is -0.522. The molecule has 1 amide bonds. The molecule has 1 heterocycles. The van der Waals surface area contributed by atoms with Gasteiger partial charge in [-0.2, -0.15) is 12.7 Å². The Morgan fingerprint density at radius 2 is 1.78 bits per heavy atom. The second-order valence-electron chi connectivity index (χ2n) is 5.46. The van der Waals surface area contributed by atoms with Crippen LogP contribution in [-0.2, 0) is 21.5 Å². The second-order valence-corrected chi connectivity index (χ2v) is 7.23. The number of hydrogen-bond acceptors (Lipinski definition) is 3. The van der Waals surface area contributed by atoms with E-state index in [1.807, 2.05) is 66.3 Å². The van der Waals surface area contributed by atoms with Crippen molar-refractivity contribution in [3.05, 3.63) is 60.4 Å². The van der Waals surface area contributed by atoms with Gasteiger partial charge in [0.1, 0.15) is 0 Å². The molecule has 0 bridgehead atoms. The number of rotatable bonds is 7. The van der Waals surface area contributed by atoms with Gasteiger partial charge in [0.2, 0.25) is 5.91 Å². The lowest BCUT2D eigenvalue weighted by Gasteiger charge is -2.19. The van der Waals surface area contributed by atoms with Gasteiger partial charge in [-0.15, -0.1) is 0 Å². The third-order valence-corrected chi connectivity index (χ3v) is 4.95. The summed E-state index contributed by atoms with van der Waals surface area (Å²) in [5.41, 5.74) is 0.855. The SMILES string of the molecule is C[C@H](CC(=O)NS(=O)(=O)N(C)Cc1ccccc1)n1cccc1. The van der Waals surface area contributed by atoms with Crippen molar-refractivity contribution in [2.24, 2.45) is 0 Å². The van der Waals surface area contributed by atoms with Crippen LogP contribution in [0.1, 0.15) is 24.9 Å². The Morgan fingerprint density at radius 3 is 2.39 bits per heavy atom. The lowest BCUT2D eigenvalue weighted by Crippen LogP contribution is -2.41. The van der Waals surface area contributed by atoms with Crippen molar-refractivity contribution in [1.82, 2.24) is 13.6 Å². The summed E-state index contributed by atoms with van der Waals surface area (Å²) in [6.07, 6.45) is 3.77. The standard InChI is InChI=1S/C16H21N3O3S/c1-14(19-10-6-7-11-19)12-16(20)17-23(21,22)18(2)13-15-8-4-3-5-9-15/h3-11,14H,12-13H2,1-2H3,(H,17,20)/t14-/m1/s1. The van der Waals surface area contributed by atoms with Gasteiger partial charge in [-0.25, -0.2) is 4.72 Å². The molecule has 2 rings (SSSR count). The molecule has 0 saturated carbocycles. The molecule has 1 aromatic heterocycles. The van der Waals surface area contributed by atoms with Crippen molar-refractivity contribution in [3.8, 4) is 0 Å². The fourth-order valence-electron chi connectivity index (χ4n) is 2.20. The van der Waals surface area contributed by atoms with Crippen LogP contribution in [0.25, 0.3) is 0 Å². The van der Waals surface area contributed by atoms with Gasteiger partial charge >= 0.3 is 10.2 Å². The summed E-state index contributed by atoms with van der Waals surface area (Å²) in [6, 6.07) is 12.8. The maximum Gasteiger partial charge on any atom is 0.303 e. The number of amides is 1. The molecule has 124 valence electrons. The number of carbonyl (C=O) groups is 1. The van der Waals surface area contributed by atoms with E-state index >= 15 is 0 Å². The van der Waals surface area contributed by atoms with Gasteiger partial charge in [-0.05, 0) is 24.6 Å². The van der Waals surface area contributed by atoms with Crippen LogP contribution in [0.5, 0.6) is 0 Å². The van der Waals surface area contributed by atoms with Gasteiger partial charge < -0.3 is 4.57 Å². The molecule has 0 fully saturated rings. The minimum absolute atomic E-state index is 0.0904. The van der Waals surface area contributed by atoms with Crippen molar-refractivity contribution in [2.75, 3.05) is 7.05 Å². The maximum absolute atomic E-state index is 12.2. The molecule has 7 heteroatoms. The van der Waals surface area contributed by atoms with Crippen molar-refractivity contribution in [3.63, 3.8) is 0 Å². The summed E-state index contributed by atoms with van der Waals surface area (Å²) in [7, 11) is -2.41. The highest BCUT2D eigenvalue weighted by Crippen LogP contribution is 2.11. The van der Waals surface area contributed by atoms with Crippen LogP contribution < -0.4 is 4.72 Å². The highest BCUT2D eigenvalue weighted by molar-refractivity contribution is 7.87. The van der Waals surface area contributed by atoms with E-state index in [9.17, 15) is 13.2 Å². The summed E-state index contributed by atoms with van der Waals surface area (Å²) >= 11 is 0. The average molecular weight is 335 g/mol. The number of carbonyl (C=O) groups excluding carboxylic acids is 1. The number of nitrogens with zero attached hydrogens (tertiary/aromatic N) is 2. The van der Waals surface area contributed by atoms with E-state index in [2.05, 4.69) is 4.72 Å². The van der Waals surface area contributed by atoms with E-state index in [0.29, 0.717) is 0 Å². The Hall–Kier alpha value is -2.12. The minimum Gasteiger partial charge on any atom is -0.351 e. The van der Waals surface area contributed by atoms with Crippen LogP contribution in [0.3, 0.4) is 0 Å². The molecular formula is C16H21N3O3S. The highest BCUT2D eigenvalue weighted by atomic mass is 32.2. The normalized spacial score (nSPS) is 13.0. The Labute approximate surface area is 136 Å². The van der Waals surface area contributed by atoms with Crippen molar-refractivity contribution in [1.29, 1.82) is 0 Å². The first-order valence-corrected chi connectivity index (χ1v) is 8.76. The van der Waals surface area contributed by atoms with Crippen LogP contribution in [0.4, 0.5) is 0 Å². The third kappa shape index (κ3) is 4.94. The van der Waals surface area contributed by atoms with Crippen LogP contribution in [-0.4, -0.2) is 30.2 Å². The van der Waals surface area contributed by atoms with E-state index in [1.165, 1.54) is 7.05 Å². The molecule has 0 spiro atoms. The van der Waals surface area contributed by atoms with Gasteiger partial charge in [-0.3, -0.25) is 4.79 Å². The van der Waals surface area contributed by atoms with Crippen molar-refractivity contribution in [2.45, 2.75) is 25.9 Å². The summed E-state index contributed by atoms with van der Waals surface area (Å²) in [5, 5.41) is 0. The summed E-state index contributed by atoms with van der Waals surface area (Å²) in [6.45, 7) is 2.07. The molecule has 0 aliphatic carbocycles. The summed E-state index contributed by atoms with van der Waals surface area (Å²) in [4.78, 5) is 12.0. The molecule has 2 aromatic rings. The predicted octanol–water partition coefficient (Wildman–Crippen LogP) is 1.93. The Bertz CT molecular complexity index is 727. The van der Waals surface area contributed by atoms with Gasteiger partial charge in [0.15, 0.2) is 0 Å². The van der Waals surface area contributed by atoms with Crippen LogP contribution >= 0.6 is 0 Å². The van der Waals surface area contributed by atoms with Gasteiger partial charge in [0.05, 0.1) is 0 Å². The van der Waals surface area contributed by atoms with Gasteiger partial charge in [-0.1, -0.05) is 30.3 Å². The van der Waals surface area contributed by atoms with E-state index in [-0.39, 0.29) is 19.0 Å². The van der Waals surface area contributed by atoms with Crippen LogP contribution in [0.2, 0.25) is 0 Å².